The second-order valence-corrected chi connectivity index (χ2v) is 21.7. The van der Waals surface area contributed by atoms with Crippen LogP contribution in [0.4, 0.5) is 0 Å². The minimum atomic E-state index is -1.39. The number of esters is 3. The first-order valence-corrected chi connectivity index (χ1v) is 30.7. The molecule has 2 fully saturated rings. The zero-order valence-corrected chi connectivity index (χ0v) is 48.1. The molecule has 2 aliphatic rings. The Morgan fingerprint density at radius 1 is 0.525 bits per heavy atom. The summed E-state index contributed by atoms with van der Waals surface area (Å²) < 4.78 is 45.3. The maximum absolute atomic E-state index is 14.2. The number of allylic oxidation sites excluding steroid dienone is 1. The summed E-state index contributed by atoms with van der Waals surface area (Å²) in [7, 11) is 0. The van der Waals surface area contributed by atoms with Crippen molar-refractivity contribution in [2.75, 3.05) is 13.2 Å². The van der Waals surface area contributed by atoms with Gasteiger partial charge in [-0.25, -0.2) is 14.4 Å². The van der Waals surface area contributed by atoms with Gasteiger partial charge in [-0.2, -0.15) is 0 Å². The van der Waals surface area contributed by atoms with Gasteiger partial charge in [-0.3, -0.25) is 4.79 Å². The third-order valence-electron chi connectivity index (χ3n) is 15.1. The summed E-state index contributed by atoms with van der Waals surface area (Å²) in [5.41, 5.74) is 1.63. The second kappa shape index (κ2) is 38.1. The average molecular weight is 1100 g/mol. The molecule has 0 radical (unpaired) electrons. The van der Waals surface area contributed by atoms with E-state index in [1.807, 2.05) is 48.6 Å². The number of nitrogens with one attached hydrogen (secondary N) is 1. The van der Waals surface area contributed by atoms with E-state index < -0.39 is 67.0 Å². The van der Waals surface area contributed by atoms with Crippen molar-refractivity contribution in [3.05, 3.63) is 156 Å². The zero-order valence-electron chi connectivity index (χ0n) is 48.1. The van der Waals surface area contributed by atoms with Crippen molar-refractivity contribution in [2.24, 2.45) is 0 Å². The lowest BCUT2D eigenvalue weighted by Crippen LogP contribution is -2.64. The number of hydrogen-bond donors (Lipinski definition) is 1. The van der Waals surface area contributed by atoms with Crippen molar-refractivity contribution >= 4 is 23.8 Å². The molecule has 0 saturated carbocycles. The average Bonchev–Trinajstić information content (AvgIpc) is 3.54. The molecule has 0 aromatic heterocycles. The number of hydrogen-bond acceptors (Lipinski definition) is 11. The highest BCUT2D eigenvalue weighted by atomic mass is 16.8. The van der Waals surface area contributed by atoms with Crippen LogP contribution in [-0.4, -0.2) is 79.9 Å². The molecule has 0 spiro atoms. The van der Waals surface area contributed by atoms with Crippen LogP contribution in [-0.2, 0) is 38.0 Å². The largest absolute Gasteiger partial charge is 0.452 e. The molecule has 0 aliphatic carbocycles. The molecule has 1 unspecified atom stereocenters. The molecular weight excluding hydrogens is 1010 g/mol. The van der Waals surface area contributed by atoms with Crippen LogP contribution in [0.2, 0.25) is 0 Å². The van der Waals surface area contributed by atoms with Crippen LogP contribution >= 0.6 is 0 Å². The highest BCUT2D eigenvalue weighted by molar-refractivity contribution is 5.91. The van der Waals surface area contributed by atoms with Crippen LogP contribution < -0.4 is 5.32 Å². The van der Waals surface area contributed by atoms with Crippen LogP contribution in [0, 0.1) is 0 Å². The van der Waals surface area contributed by atoms with Gasteiger partial charge in [-0.15, -0.1) is 0 Å². The van der Waals surface area contributed by atoms with Gasteiger partial charge < -0.3 is 38.5 Å². The molecule has 2 saturated heterocycles. The van der Waals surface area contributed by atoms with Crippen LogP contribution in [0.3, 0.4) is 0 Å². The number of unbranched alkanes of at least 4 members (excludes halogenated alkanes) is 23. The molecule has 1 amide bonds. The molecule has 8 atom stereocenters. The summed E-state index contributed by atoms with van der Waals surface area (Å²) in [5, 5.41) is 3.19. The maximum atomic E-state index is 14.2. The van der Waals surface area contributed by atoms with E-state index in [1.165, 1.54) is 109 Å². The van der Waals surface area contributed by atoms with Gasteiger partial charge in [0.15, 0.2) is 24.8 Å². The summed E-state index contributed by atoms with van der Waals surface area (Å²) in [5.74, 6) is -2.15. The predicted molar refractivity (Wildman–Crippen MR) is 314 cm³/mol. The van der Waals surface area contributed by atoms with Crippen molar-refractivity contribution in [1.29, 1.82) is 0 Å². The molecule has 0 bridgehead atoms. The highest BCUT2D eigenvalue weighted by Crippen LogP contribution is 2.38. The van der Waals surface area contributed by atoms with Gasteiger partial charge >= 0.3 is 17.9 Å². The van der Waals surface area contributed by atoms with Crippen molar-refractivity contribution in [2.45, 2.75) is 230 Å². The highest BCUT2D eigenvalue weighted by Gasteiger charge is 2.54. The maximum Gasteiger partial charge on any atom is 0.338 e. The Labute approximate surface area is 478 Å². The van der Waals surface area contributed by atoms with Gasteiger partial charge in [0, 0.05) is 12.0 Å². The molecule has 12 nitrogen and oxygen atoms in total. The Hall–Kier alpha value is -5.66. The second-order valence-electron chi connectivity index (χ2n) is 21.7. The van der Waals surface area contributed by atoms with Crippen molar-refractivity contribution in [3.8, 4) is 0 Å². The summed E-state index contributed by atoms with van der Waals surface area (Å²) in [6.07, 6.45) is 26.1. The molecule has 4 aromatic carbocycles. The number of amides is 1. The summed E-state index contributed by atoms with van der Waals surface area (Å²) in [4.78, 5) is 56.4. The van der Waals surface area contributed by atoms with Gasteiger partial charge in [0.1, 0.15) is 18.3 Å². The Kier molecular flexibility index (Phi) is 30.3. The minimum absolute atomic E-state index is 0.0151. The normalized spacial score (nSPS) is 19.6. The summed E-state index contributed by atoms with van der Waals surface area (Å²) in [6.45, 7) is 4.26. The monoisotopic (exact) mass is 1100 g/mol. The lowest BCUT2D eigenvalue weighted by Gasteiger charge is -2.48. The third kappa shape index (κ3) is 23.1. The van der Waals surface area contributed by atoms with Crippen LogP contribution in [0.25, 0.3) is 0 Å². The Morgan fingerprint density at radius 2 is 0.963 bits per heavy atom. The number of carbonyl (C=O) groups is 4. The molecule has 12 heteroatoms. The van der Waals surface area contributed by atoms with E-state index >= 15 is 0 Å². The summed E-state index contributed by atoms with van der Waals surface area (Å²) in [6, 6.07) is 34.3. The molecule has 1 N–H and O–H groups in total. The summed E-state index contributed by atoms with van der Waals surface area (Å²) >= 11 is 0. The zero-order chi connectivity index (χ0) is 56.2. The van der Waals surface area contributed by atoms with Crippen molar-refractivity contribution in [1.82, 2.24) is 5.32 Å². The van der Waals surface area contributed by atoms with Gasteiger partial charge in [0.05, 0.1) is 35.9 Å². The molecular formula is C68H93NO11. The molecule has 4 aromatic rings. The first-order valence-electron chi connectivity index (χ1n) is 30.7. The minimum Gasteiger partial charge on any atom is -0.452 e. The number of benzene rings is 4. The van der Waals surface area contributed by atoms with Gasteiger partial charge in [-0.1, -0.05) is 246 Å². The fourth-order valence-electron chi connectivity index (χ4n) is 10.4. The van der Waals surface area contributed by atoms with Gasteiger partial charge in [0.2, 0.25) is 5.91 Å². The van der Waals surface area contributed by atoms with E-state index in [1.54, 1.807) is 84.9 Å². The standard InChI is InChI=1S/C68H93NO11/c1-3-5-7-9-11-13-15-17-19-21-23-25-39-49-58(76-64(71)53-41-31-27-32-42-53)57(69-60(70)50-40-26-24-22-20-18-16-14-12-10-8-6-4-2)51-74-68-63(79-66(73)55-45-35-29-36-46-55)62(78-65(72)54-43-33-28-34-44-54)61-59(77-68)52-75-67(80-61)56-47-37-30-38-48-56/h27-39,41-49,57-59,61-63,67-68H,3-26,40,50-52H2,1-2H3,(H,69,70)/b49-39+/t57-,58+,59+,61-,62-,63+,67?,68+/m0/s1. The van der Waals surface area contributed by atoms with E-state index in [4.69, 9.17) is 33.2 Å². The lowest BCUT2D eigenvalue weighted by molar-refractivity contribution is -0.360. The van der Waals surface area contributed by atoms with Gasteiger partial charge in [0.25, 0.3) is 0 Å². The fourth-order valence-corrected chi connectivity index (χ4v) is 10.4. The van der Waals surface area contributed by atoms with Crippen molar-refractivity contribution in [3.63, 3.8) is 0 Å². The van der Waals surface area contributed by atoms with Gasteiger partial charge in [-0.05, 0) is 61.7 Å². The smallest absolute Gasteiger partial charge is 0.338 e. The SMILES string of the molecule is CCCCCCCCCCCCC/C=C/[C@@H](OC(=O)c1ccccc1)[C@H](CO[C@@H]1O[C@@H]2COC(c3ccccc3)O[C@@H]2[C@H](OC(=O)c2ccccc2)[C@H]1OC(=O)c1ccccc1)NC(=O)CCCCCCCCCCCCCCC. The first kappa shape index (κ1) is 63.5. The predicted octanol–water partition coefficient (Wildman–Crippen LogP) is 15.7. The Morgan fingerprint density at radius 3 is 1.46 bits per heavy atom. The molecule has 2 aliphatic heterocycles. The first-order chi connectivity index (χ1) is 39.3. The lowest BCUT2D eigenvalue weighted by atomic mass is 9.96. The molecule has 436 valence electrons. The Balaban J connectivity index is 1.22. The van der Waals surface area contributed by atoms with Crippen LogP contribution in [0.5, 0.6) is 0 Å². The number of carbonyl (C=O) groups excluding carboxylic acids is 4. The van der Waals surface area contributed by atoms with E-state index in [0.29, 0.717) is 12.0 Å². The molecule has 2 heterocycles. The van der Waals surface area contributed by atoms with E-state index in [0.717, 1.165) is 50.5 Å². The number of fused-ring (bicyclic) bond motifs is 1. The van der Waals surface area contributed by atoms with Crippen LogP contribution in [0.1, 0.15) is 224 Å². The van der Waals surface area contributed by atoms with Crippen LogP contribution in [0.15, 0.2) is 133 Å². The fraction of sp³-hybridized carbons (Fsp3) is 0.559. The third-order valence-corrected chi connectivity index (χ3v) is 15.1. The van der Waals surface area contributed by atoms with Crippen molar-refractivity contribution < 1.29 is 52.3 Å². The van der Waals surface area contributed by atoms with E-state index in [2.05, 4.69) is 19.2 Å². The van der Waals surface area contributed by atoms with E-state index in [-0.39, 0.29) is 36.7 Å². The number of rotatable bonds is 39. The molecule has 6 rings (SSSR count). The van der Waals surface area contributed by atoms with E-state index in [9.17, 15) is 19.2 Å². The quantitative estimate of drug-likeness (QED) is 0.0197. The molecule has 80 heavy (non-hydrogen) atoms. The number of ether oxygens (including phenoxy) is 7. The topological polar surface area (TPSA) is 145 Å². The Bertz CT molecular complexity index is 2330.